The number of hydrogen-bond donors (Lipinski definition) is 1. The minimum Gasteiger partial charge on any atom is -0.496 e. The molecule has 0 bridgehead atoms. The van der Waals surface area contributed by atoms with Crippen LogP contribution in [-0.2, 0) is 4.79 Å². The molecule has 0 saturated heterocycles. The van der Waals surface area contributed by atoms with Crippen LogP contribution in [0, 0.1) is 0 Å². The summed E-state index contributed by atoms with van der Waals surface area (Å²) in [5.74, 6) is -0.327. The third-order valence-corrected chi connectivity index (χ3v) is 2.98. The molecule has 0 unspecified atom stereocenters. The van der Waals surface area contributed by atoms with E-state index >= 15 is 0 Å². The Morgan fingerprint density at radius 1 is 1.40 bits per heavy atom. The SMILES string of the molecule is COc1cc(C=CC(=O)O)c(Br)cc1Br. The molecule has 0 spiro atoms. The predicted molar refractivity (Wildman–Crippen MR) is 65.1 cm³/mol. The Balaban J connectivity index is 3.13. The number of rotatable bonds is 3. The van der Waals surface area contributed by atoms with Crippen molar-refractivity contribution in [2.24, 2.45) is 0 Å². The number of methoxy groups -OCH3 is 1. The lowest BCUT2D eigenvalue weighted by molar-refractivity contribution is -0.131. The van der Waals surface area contributed by atoms with Crippen molar-refractivity contribution in [1.29, 1.82) is 0 Å². The molecule has 80 valence electrons. The summed E-state index contributed by atoms with van der Waals surface area (Å²) >= 11 is 6.66. The number of halogens is 2. The van der Waals surface area contributed by atoms with Crippen LogP contribution >= 0.6 is 31.9 Å². The number of carbonyl (C=O) groups is 1. The van der Waals surface area contributed by atoms with E-state index in [0.29, 0.717) is 5.75 Å². The molecule has 15 heavy (non-hydrogen) atoms. The van der Waals surface area contributed by atoms with Crippen LogP contribution in [0.25, 0.3) is 6.08 Å². The Labute approximate surface area is 104 Å². The van der Waals surface area contributed by atoms with Gasteiger partial charge in [0, 0.05) is 10.5 Å². The average molecular weight is 336 g/mol. The highest BCUT2D eigenvalue weighted by Crippen LogP contribution is 2.31. The Morgan fingerprint density at radius 2 is 2.07 bits per heavy atom. The molecular formula is C10H8Br2O3. The van der Waals surface area contributed by atoms with Crippen LogP contribution in [0.5, 0.6) is 5.75 Å². The number of aliphatic carboxylic acids is 1. The maximum Gasteiger partial charge on any atom is 0.328 e. The lowest BCUT2D eigenvalue weighted by Crippen LogP contribution is -1.89. The average Bonchev–Trinajstić information content (AvgIpc) is 2.16. The van der Waals surface area contributed by atoms with Gasteiger partial charge in [-0.3, -0.25) is 0 Å². The Kier molecular flexibility index (Phi) is 4.35. The highest BCUT2D eigenvalue weighted by Gasteiger charge is 2.05. The predicted octanol–water partition coefficient (Wildman–Crippen LogP) is 3.32. The maximum atomic E-state index is 10.4. The molecule has 1 aromatic carbocycles. The second-order valence-electron chi connectivity index (χ2n) is 2.68. The second-order valence-corrected chi connectivity index (χ2v) is 4.39. The first kappa shape index (κ1) is 12.3. The van der Waals surface area contributed by atoms with Crippen LogP contribution in [0.1, 0.15) is 5.56 Å². The number of carboxylic acids is 1. The first-order valence-electron chi connectivity index (χ1n) is 3.98. The number of hydrogen-bond acceptors (Lipinski definition) is 2. The van der Waals surface area contributed by atoms with E-state index in [1.54, 1.807) is 19.2 Å². The maximum absolute atomic E-state index is 10.4. The number of benzene rings is 1. The van der Waals surface area contributed by atoms with E-state index in [0.717, 1.165) is 20.6 Å². The van der Waals surface area contributed by atoms with E-state index in [9.17, 15) is 4.79 Å². The van der Waals surface area contributed by atoms with Crippen LogP contribution in [-0.4, -0.2) is 18.2 Å². The molecule has 0 heterocycles. The molecule has 1 rings (SSSR count). The monoisotopic (exact) mass is 334 g/mol. The standard InChI is InChI=1S/C10H8Br2O3/c1-15-9-4-6(2-3-10(13)14)7(11)5-8(9)12/h2-5H,1H3,(H,13,14). The molecule has 1 aromatic rings. The molecule has 5 heteroatoms. The summed E-state index contributed by atoms with van der Waals surface area (Å²) in [5, 5.41) is 8.50. The molecule has 0 aromatic heterocycles. The van der Waals surface area contributed by atoms with Crippen molar-refractivity contribution in [3.63, 3.8) is 0 Å². The van der Waals surface area contributed by atoms with Gasteiger partial charge in [-0.2, -0.15) is 0 Å². The molecule has 0 amide bonds. The molecule has 0 saturated carbocycles. The van der Waals surface area contributed by atoms with Crippen LogP contribution in [0.15, 0.2) is 27.2 Å². The fourth-order valence-corrected chi connectivity index (χ4v) is 2.28. The summed E-state index contributed by atoms with van der Waals surface area (Å²) in [5.41, 5.74) is 0.748. The van der Waals surface area contributed by atoms with Gasteiger partial charge >= 0.3 is 5.97 Å². The van der Waals surface area contributed by atoms with E-state index in [1.807, 2.05) is 0 Å². The van der Waals surface area contributed by atoms with Crippen molar-refractivity contribution in [2.45, 2.75) is 0 Å². The summed E-state index contributed by atoms with van der Waals surface area (Å²) in [7, 11) is 1.55. The van der Waals surface area contributed by atoms with Crippen LogP contribution in [0.4, 0.5) is 0 Å². The zero-order valence-corrected chi connectivity index (χ0v) is 11.0. The molecule has 0 aliphatic heterocycles. The Morgan fingerprint density at radius 3 is 2.60 bits per heavy atom. The fourth-order valence-electron chi connectivity index (χ4n) is 0.990. The van der Waals surface area contributed by atoms with Gasteiger partial charge in [-0.05, 0) is 39.7 Å². The third-order valence-electron chi connectivity index (χ3n) is 1.68. The molecule has 0 fully saturated rings. The largest absolute Gasteiger partial charge is 0.496 e. The summed E-state index contributed by atoms with van der Waals surface area (Å²) in [6.45, 7) is 0. The summed E-state index contributed by atoms with van der Waals surface area (Å²) in [6.07, 6.45) is 2.58. The van der Waals surface area contributed by atoms with Gasteiger partial charge in [0.2, 0.25) is 0 Å². The van der Waals surface area contributed by atoms with E-state index in [1.165, 1.54) is 6.08 Å². The number of carboxylic acid groups (broad SMARTS) is 1. The molecule has 0 aliphatic rings. The zero-order chi connectivity index (χ0) is 11.4. The van der Waals surface area contributed by atoms with Crippen molar-refractivity contribution >= 4 is 43.9 Å². The highest BCUT2D eigenvalue weighted by atomic mass is 79.9. The first-order valence-corrected chi connectivity index (χ1v) is 5.57. The lowest BCUT2D eigenvalue weighted by Gasteiger charge is -2.06. The second kappa shape index (κ2) is 5.32. The Hall–Kier alpha value is -0.810. The smallest absolute Gasteiger partial charge is 0.328 e. The summed E-state index contributed by atoms with van der Waals surface area (Å²) in [6, 6.07) is 3.55. The summed E-state index contributed by atoms with van der Waals surface area (Å²) < 4.78 is 6.71. The first-order chi connectivity index (χ1) is 7.04. The van der Waals surface area contributed by atoms with Gasteiger partial charge in [-0.1, -0.05) is 15.9 Å². The van der Waals surface area contributed by atoms with Crippen molar-refractivity contribution in [3.8, 4) is 5.75 Å². The molecule has 1 N–H and O–H groups in total. The quantitative estimate of drug-likeness (QED) is 0.862. The van der Waals surface area contributed by atoms with Gasteiger partial charge in [0.1, 0.15) is 5.75 Å². The molecule has 0 aliphatic carbocycles. The molecule has 0 atom stereocenters. The van der Waals surface area contributed by atoms with Gasteiger partial charge in [0.15, 0.2) is 0 Å². The van der Waals surface area contributed by atoms with Crippen LogP contribution in [0.2, 0.25) is 0 Å². The van der Waals surface area contributed by atoms with Gasteiger partial charge in [-0.15, -0.1) is 0 Å². The van der Waals surface area contributed by atoms with E-state index < -0.39 is 5.97 Å². The van der Waals surface area contributed by atoms with Gasteiger partial charge in [-0.25, -0.2) is 4.79 Å². The van der Waals surface area contributed by atoms with E-state index in [4.69, 9.17) is 9.84 Å². The fraction of sp³-hybridized carbons (Fsp3) is 0.100. The normalized spacial score (nSPS) is 10.6. The number of ether oxygens (including phenoxy) is 1. The van der Waals surface area contributed by atoms with Crippen molar-refractivity contribution < 1.29 is 14.6 Å². The molecular weight excluding hydrogens is 328 g/mol. The van der Waals surface area contributed by atoms with Gasteiger partial charge < -0.3 is 9.84 Å². The van der Waals surface area contributed by atoms with E-state index in [-0.39, 0.29) is 0 Å². The van der Waals surface area contributed by atoms with Gasteiger partial charge in [0.25, 0.3) is 0 Å². The van der Waals surface area contributed by atoms with Crippen molar-refractivity contribution in [1.82, 2.24) is 0 Å². The van der Waals surface area contributed by atoms with Crippen LogP contribution < -0.4 is 4.74 Å². The highest BCUT2D eigenvalue weighted by molar-refractivity contribution is 9.11. The van der Waals surface area contributed by atoms with Crippen molar-refractivity contribution in [2.75, 3.05) is 7.11 Å². The van der Waals surface area contributed by atoms with Crippen LogP contribution in [0.3, 0.4) is 0 Å². The third kappa shape index (κ3) is 3.35. The van der Waals surface area contributed by atoms with Crippen molar-refractivity contribution in [3.05, 3.63) is 32.7 Å². The topological polar surface area (TPSA) is 46.5 Å². The minimum atomic E-state index is -0.983. The Bertz CT molecular complexity index is 413. The molecule has 0 radical (unpaired) electrons. The lowest BCUT2D eigenvalue weighted by atomic mass is 10.2. The molecule has 3 nitrogen and oxygen atoms in total. The minimum absolute atomic E-state index is 0.656. The van der Waals surface area contributed by atoms with Gasteiger partial charge in [0.05, 0.1) is 11.6 Å². The zero-order valence-electron chi connectivity index (χ0n) is 7.83. The van der Waals surface area contributed by atoms with E-state index in [2.05, 4.69) is 31.9 Å². The summed E-state index contributed by atoms with van der Waals surface area (Å²) in [4.78, 5) is 10.4.